The number of likely N-dealkylation sites (tertiary alicyclic amines) is 1. The molecular weight excluding hydrogens is 455 g/mol. The number of Topliss-reactive ketones (excluding diaryl/α,β-unsaturated/α-hetero) is 1. The number of carbonyl (C=O) groups excluding carboxylic acids is 1. The number of piperidine rings is 1. The van der Waals surface area contributed by atoms with Crippen molar-refractivity contribution in [1.82, 2.24) is 4.90 Å². The number of rotatable bonds is 4. The fourth-order valence-electron chi connectivity index (χ4n) is 4.94. The van der Waals surface area contributed by atoms with Crippen molar-refractivity contribution in [2.24, 2.45) is 5.16 Å². The van der Waals surface area contributed by atoms with Crippen molar-refractivity contribution in [3.8, 4) is 0 Å². The van der Waals surface area contributed by atoms with E-state index in [1.807, 2.05) is 66.7 Å². The first-order chi connectivity index (χ1) is 16.0. The molecule has 1 spiro atoms. The van der Waals surface area contributed by atoms with Crippen LogP contribution in [0, 0.1) is 0 Å². The maximum absolute atomic E-state index is 13.6. The van der Waals surface area contributed by atoms with E-state index in [0.717, 1.165) is 11.1 Å². The molecule has 3 aromatic carbocycles. The summed E-state index contributed by atoms with van der Waals surface area (Å²) in [5.74, 6) is -0.373. The lowest BCUT2D eigenvalue weighted by Gasteiger charge is -2.43. The largest absolute Gasteiger partial charge is 0.378 e. The van der Waals surface area contributed by atoms with E-state index in [0.29, 0.717) is 35.3 Å². The van der Waals surface area contributed by atoms with Crippen LogP contribution in [0.15, 0.2) is 84.0 Å². The summed E-state index contributed by atoms with van der Waals surface area (Å²) in [6, 6.07) is 25.5. The SMILES string of the molecule is C[C@H](c1ccccc1)N1CCC(=O)[C@]2(C1)ON=C(c1ccc(Cl)cc1)[C@H]2c1ccccc1Cl. The van der Waals surface area contributed by atoms with Crippen molar-refractivity contribution in [3.63, 3.8) is 0 Å². The van der Waals surface area contributed by atoms with Crippen molar-refractivity contribution >= 4 is 34.7 Å². The molecule has 0 aliphatic carbocycles. The van der Waals surface area contributed by atoms with E-state index in [1.165, 1.54) is 5.56 Å². The minimum Gasteiger partial charge on any atom is -0.378 e. The minimum atomic E-state index is -1.14. The van der Waals surface area contributed by atoms with Gasteiger partial charge in [-0.2, -0.15) is 0 Å². The van der Waals surface area contributed by atoms with Gasteiger partial charge in [0.05, 0.1) is 11.6 Å². The van der Waals surface area contributed by atoms with Gasteiger partial charge in [-0.3, -0.25) is 9.69 Å². The molecule has 33 heavy (non-hydrogen) atoms. The van der Waals surface area contributed by atoms with Crippen LogP contribution < -0.4 is 0 Å². The second kappa shape index (κ2) is 8.94. The molecule has 0 unspecified atom stereocenters. The summed E-state index contributed by atoms with van der Waals surface area (Å²) in [6.07, 6.45) is 0.390. The molecule has 5 rings (SSSR count). The molecule has 0 saturated carbocycles. The first-order valence-corrected chi connectivity index (χ1v) is 11.8. The Kier molecular flexibility index (Phi) is 6.00. The van der Waals surface area contributed by atoms with E-state index in [2.05, 4.69) is 29.1 Å². The van der Waals surface area contributed by atoms with Crippen LogP contribution in [0.2, 0.25) is 10.0 Å². The van der Waals surface area contributed by atoms with Crippen LogP contribution in [-0.2, 0) is 9.63 Å². The molecule has 1 saturated heterocycles. The molecule has 4 nitrogen and oxygen atoms in total. The van der Waals surface area contributed by atoms with Crippen molar-refractivity contribution in [3.05, 3.63) is 106 Å². The molecule has 1 fully saturated rings. The third kappa shape index (κ3) is 3.97. The maximum atomic E-state index is 13.6. The summed E-state index contributed by atoms with van der Waals surface area (Å²) < 4.78 is 0. The van der Waals surface area contributed by atoms with E-state index in [9.17, 15) is 4.79 Å². The van der Waals surface area contributed by atoms with Gasteiger partial charge in [0, 0.05) is 41.2 Å². The maximum Gasteiger partial charge on any atom is 0.220 e. The molecule has 2 aliphatic heterocycles. The zero-order valence-corrected chi connectivity index (χ0v) is 19.8. The minimum absolute atomic E-state index is 0.0524. The Labute approximate surface area is 203 Å². The van der Waals surface area contributed by atoms with E-state index < -0.39 is 11.5 Å². The molecule has 3 atom stereocenters. The number of halogens is 2. The summed E-state index contributed by atoms with van der Waals surface area (Å²) in [5.41, 5.74) is 2.46. The highest BCUT2D eigenvalue weighted by Crippen LogP contribution is 2.46. The smallest absolute Gasteiger partial charge is 0.220 e. The van der Waals surface area contributed by atoms with Gasteiger partial charge in [0.25, 0.3) is 0 Å². The van der Waals surface area contributed by atoms with E-state index in [4.69, 9.17) is 28.0 Å². The predicted molar refractivity (Wildman–Crippen MR) is 132 cm³/mol. The summed E-state index contributed by atoms with van der Waals surface area (Å²) >= 11 is 12.8. The van der Waals surface area contributed by atoms with Crippen molar-refractivity contribution in [2.45, 2.75) is 30.9 Å². The summed E-state index contributed by atoms with van der Waals surface area (Å²) in [7, 11) is 0. The standard InChI is InChI=1S/C27H24Cl2N2O2/c1-18(19-7-3-2-4-8-19)31-16-15-24(32)27(17-31)25(22-9-5-6-10-23(22)29)26(30-33-27)20-11-13-21(28)14-12-20/h2-14,18,25H,15-17H2,1H3/t18-,25-,27+/m1/s1. The van der Waals surface area contributed by atoms with Crippen LogP contribution in [0.4, 0.5) is 0 Å². The molecule has 2 aliphatic rings. The molecule has 0 N–H and O–H groups in total. The molecule has 0 bridgehead atoms. The molecule has 0 amide bonds. The molecule has 168 valence electrons. The Morgan fingerprint density at radius 1 is 1.00 bits per heavy atom. The fourth-order valence-corrected chi connectivity index (χ4v) is 5.31. The lowest BCUT2D eigenvalue weighted by molar-refractivity contribution is -0.153. The van der Waals surface area contributed by atoms with Gasteiger partial charge in [-0.15, -0.1) is 0 Å². The topological polar surface area (TPSA) is 41.9 Å². The second-order valence-electron chi connectivity index (χ2n) is 8.65. The lowest BCUT2D eigenvalue weighted by Crippen LogP contribution is -2.58. The molecule has 0 radical (unpaired) electrons. The number of nitrogens with zero attached hydrogens (tertiary/aromatic N) is 2. The first kappa shape index (κ1) is 22.1. The van der Waals surface area contributed by atoms with Crippen LogP contribution >= 0.6 is 23.2 Å². The van der Waals surface area contributed by atoms with Crippen molar-refractivity contribution in [1.29, 1.82) is 0 Å². The normalized spacial score (nSPS) is 23.9. The Balaban J connectivity index is 1.58. The highest BCUT2D eigenvalue weighted by Gasteiger charge is 2.58. The third-order valence-corrected chi connectivity index (χ3v) is 7.36. The zero-order valence-electron chi connectivity index (χ0n) is 18.2. The Morgan fingerprint density at radius 2 is 1.70 bits per heavy atom. The number of hydrogen-bond donors (Lipinski definition) is 0. The Hall–Kier alpha value is -2.66. The third-order valence-electron chi connectivity index (χ3n) is 6.77. The van der Waals surface area contributed by atoms with E-state index in [-0.39, 0.29) is 11.8 Å². The molecule has 2 heterocycles. The van der Waals surface area contributed by atoms with Crippen LogP contribution in [0.25, 0.3) is 0 Å². The Bertz CT molecular complexity index is 1200. The van der Waals surface area contributed by atoms with Crippen LogP contribution in [-0.4, -0.2) is 35.1 Å². The molecule has 6 heteroatoms. The number of hydrogen-bond acceptors (Lipinski definition) is 4. The average Bonchev–Trinajstić information content (AvgIpc) is 3.21. The Morgan fingerprint density at radius 3 is 2.42 bits per heavy atom. The number of ketones is 1. The van der Waals surface area contributed by atoms with Crippen LogP contribution in [0.5, 0.6) is 0 Å². The predicted octanol–water partition coefficient (Wildman–Crippen LogP) is 6.29. The fraction of sp³-hybridized carbons (Fsp3) is 0.259. The van der Waals surface area contributed by atoms with Gasteiger partial charge >= 0.3 is 0 Å². The highest BCUT2D eigenvalue weighted by atomic mass is 35.5. The second-order valence-corrected chi connectivity index (χ2v) is 9.49. The van der Waals surface area contributed by atoms with Crippen molar-refractivity contribution in [2.75, 3.05) is 13.1 Å². The molecule has 3 aromatic rings. The van der Waals surface area contributed by atoms with E-state index >= 15 is 0 Å². The van der Waals surface area contributed by atoms with Crippen LogP contribution in [0.3, 0.4) is 0 Å². The van der Waals surface area contributed by atoms with Gasteiger partial charge in [0.15, 0.2) is 5.78 Å². The van der Waals surface area contributed by atoms with Gasteiger partial charge in [-0.25, -0.2) is 0 Å². The lowest BCUT2D eigenvalue weighted by atomic mass is 9.72. The quantitative estimate of drug-likeness (QED) is 0.442. The number of oxime groups is 1. The van der Waals surface area contributed by atoms with Gasteiger partial charge in [0.1, 0.15) is 0 Å². The number of carbonyl (C=O) groups is 1. The summed E-state index contributed by atoms with van der Waals surface area (Å²) in [6.45, 7) is 3.27. The van der Waals surface area contributed by atoms with Gasteiger partial charge in [0.2, 0.25) is 5.60 Å². The highest BCUT2D eigenvalue weighted by molar-refractivity contribution is 6.32. The van der Waals surface area contributed by atoms with Gasteiger partial charge in [-0.1, -0.05) is 89.0 Å². The molecule has 0 aromatic heterocycles. The van der Waals surface area contributed by atoms with Gasteiger partial charge in [-0.05, 0) is 36.2 Å². The molecular formula is C27H24Cl2N2O2. The zero-order chi connectivity index (χ0) is 23.0. The van der Waals surface area contributed by atoms with Crippen LogP contribution in [0.1, 0.15) is 42.0 Å². The summed E-state index contributed by atoms with van der Waals surface area (Å²) in [4.78, 5) is 22.0. The number of benzene rings is 3. The van der Waals surface area contributed by atoms with E-state index in [1.54, 1.807) is 0 Å². The van der Waals surface area contributed by atoms with Gasteiger partial charge < -0.3 is 4.84 Å². The monoisotopic (exact) mass is 478 g/mol. The first-order valence-electron chi connectivity index (χ1n) is 11.1. The van der Waals surface area contributed by atoms with Crippen molar-refractivity contribution < 1.29 is 9.63 Å². The average molecular weight is 479 g/mol. The summed E-state index contributed by atoms with van der Waals surface area (Å²) in [5, 5.41) is 5.73.